The van der Waals surface area contributed by atoms with Gasteiger partial charge in [-0.05, 0) is 39.8 Å². The van der Waals surface area contributed by atoms with Crippen LogP contribution in [0.25, 0.3) is 0 Å². The predicted molar refractivity (Wildman–Crippen MR) is 88.4 cm³/mol. The maximum absolute atomic E-state index is 11.7. The van der Waals surface area contributed by atoms with Gasteiger partial charge < -0.3 is 16.9 Å². The van der Waals surface area contributed by atoms with Crippen molar-refractivity contribution in [1.29, 1.82) is 0 Å². The van der Waals surface area contributed by atoms with Crippen molar-refractivity contribution >= 4 is 17.5 Å². The molecule has 2 amide bonds. The van der Waals surface area contributed by atoms with Crippen molar-refractivity contribution in [3.63, 3.8) is 0 Å². The van der Waals surface area contributed by atoms with Gasteiger partial charge in [-0.2, -0.15) is 0 Å². The van der Waals surface area contributed by atoms with Crippen molar-refractivity contribution in [3.05, 3.63) is 42.0 Å². The van der Waals surface area contributed by atoms with Gasteiger partial charge in [-0.25, -0.2) is 4.90 Å². The number of halogens is 1. The topological polar surface area (TPSA) is 37.4 Å². The van der Waals surface area contributed by atoms with Crippen molar-refractivity contribution in [3.8, 4) is 0 Å². The Labute approximate surface area is 144 Å². The predicted octanol–water partition coefficient (Wildman–Crippen LogP) is 0.0575. The highest BCUT2D eigenvalue weighted by molar-refractivity contribution is 6.28. The van der Waals surface area contributed by atoms with Gasteiger partial charge in [-0.1, -0.05) is 12.1 Å². The Balaban J connectivity index is 0.00000264. The molecule has 0 bridgehead atoms. The largest absolute Gasteiger partial charge is 1.00 e. The van der Waals surface area contributed by atoms with Gasteiger partial charge in [0.15, 0.2) is 0 Å². The summed E-state index contributed by atoms with van der Waals surface area (Å²) in [5, 5.41) is 0. The van der Waals surface area contributed by atoms with Gasteiger partial charge in [0.1, 0.15) is 6.04 Å². The number of quaternary nitrogens is 1. The zero-order valence-electron chi connectivity index (χ0n) is 14.3. The molecular weight excluding hydrogens is 312 g/mol. The van der Waals surface area contributed by atoms with Gasteiger partial charge in [-0.3, -0.25) is 9.59 Å². The molecule has 0 spiro atoms. The molecule has 23 heavy (non-hydrogen) atoms. The van der Waals surface area contributed by atoms with E-state index in [1.807, 2.05) is 24.3 Å². The Kier molecular flexibility index (Phi) is 6.54. The minimum Gasteiger partial charge on any atom is -1.00 e. The van der Waals surface area contributed by atoms with Crippen LogP contribution in [0.5, 0.6) is 0 Å². The molecule has 1 aliphatic rings. The fraction of sp³-hybridized carbons (Fsp3) is 0.444. The summed E-state index contributed by atoms with van der Waals surface area (Å²) in [7, 11) is 0. The Bertz CT molecular complexity index is 565. The molecule has 0 N–H and O–H groups in total. The number of benzene rings is 1. The summed E-state index contributed by atoms with van der Waals surface area (Å²) in [6, 6.07) is 8.19. The maximum atomic E-state index is 11.7. The first-order valence-corrected chi connectivity index (χ1v) is 8.01. The summed E-state index contributed by atoms with van der Waals surface area (Å²) in [5.74, 6) is -0.543. The molecule has 126 valence electrons. The number of hydrogen-bond acceptors (Lipinski definition) is 2. The summed E-state index contributed by atoms with van der Waals surface area (Å²) in [6.45, 7) is 12.2. The van der Waals surface area contributed by atoms with Gasteiger partial charge in [0.25, 0.3) is 11.8 Å². The SMILES string of the molecule is CC[N+](CC)(CC)C(C)c1ccc(N2C(=O)C=CC2=O)cc1.[Cl-]. The van der Waals surface area contributed by atoms with Crippen LogP contribution in [0.1, 0.15) is 39.3 Å². The summed E-state index contributed by atoms with van der Waals surface area (Å²) in [4.78, 5) is 24.6. The number of nitrogens with zero attached hydrogens (tertiary/aromatic N) is 2. The monoisotopic (exact) mass is 336 g/mol. The van der Waals surface area contributed by atoms with Crippen LogP contribution in [0, 0.1) is 0 Å². The Morgan fingerprint density at radius 3 is 1.74 bits per heavy atom. The normalized spacial score (nSPS) is 15.7. The van der Waals surface area contributed by atoms with Crippen LogP contribution in [-0.4, -0.2) is 35.9 Å². The lowest BCUT2D eigenvalue weighted by molar-refractivity contribution is -0.950. The van der Waals surface area contributed by atoms with Gasteiger partial charge in [0, 0.05) is 17.7 Å². The zero-order chi connectivity index (χ0) is 16.3. The maximum Gasteiger partial charge on any atom is 0.258 e. The lowest BCUT2D eigenvalue weighted by Crippen LogP contribution is -3.00. The number of hydrogen-bond donors (Lipinski definition) is 0. The zero-order valence-corrected chi connectivity index (χ0v) is 15.0. The number of carbonyl (C=O) groups is 2. The minimum absolute atomic E-state index is 0. The molecule has 1 aromatic carbocycles. The third-order valence-corrected chi connectivity index (χ3v) is 5.15. The number of rotatable bonds is 6. The second-order valence-electron chi connectivity index (χ2n) is 5.78. The van der Waals surface area contributed by atoms with E-state index in [1.165, 1.54) is 22.6 Å². The molecule has 1 heterocycles. The molecule has 0 aromatic heterocycles. The molecule has 5 heteroatoms. The molecule has 0 saturated heterocycles. The summed E-state index contributed by atoms with van der Waals surface area (Å²) in [5.41, 5.74) is 1.87. The quantitative estimate of drug-likeness (QED) is 0.544. The first kappa shape index (κ1) is 19.4. The van der Waals surface area contributed by atoms with E-state index < -0.39 is 0 Å². The van der Waals surface area contributed by atoms with Gasteiger partial charge in [0.05, 0.1) is 25.3 Å². The third kappa shape index (κ3) is 3.48. The van der Waals surface area contributed by atoms with E-state index in [-0.39, 0.29) is 24.2 Å². The number of carbonyl (C=O) groups excluding carboxylic acids is 2. The minimum atomic E-state index is -0.272. The van der Waals surface area contributed by atoms with E-state index in [2.05, 4.69) is 27.7 Å². The average molecular weight is 337 g/mol. The highest BCUT2D eigenvalue weighted by atomic mass is 35.5. The van der Waals surface area contributed by atoms with Crippen molar-refractivity contribution in [2.45, 2.75) is 33.7 Å². The van der Waals surface area contributed by atoms with Crippen molar-refractivity contribution in [2.24, 2.45) is 0 Å². The second kappa shape index (κ2) is 7.75. The van der Waals surface area contributed by atoms with Crippen LogP contribution in [0.4, 0.5) is 5.69 Å². The lowest BCUT2D eigenvalue weighted by atomic mass is 10.0. The first-order chi connectivity index (χ1) is 10.5. The van der Waals surface area contributed by atoms with Crippen LogP contribution in [0.15, 0.2) is 36.4 Å². The summed E-state index contributed by atoms with van der Waals surface area (Å²) >= 11 is 0. The molecule has 1 aromatic rings. The molecule has 0 aliphatic carbocycles. The lowest BCUT2D eigenvalue weighted by Gasteiger charge is -2.41. The highest BCUT2D eigenvalue weighted by Crippen LogP contribution is 2.30. The molecule has 0 fully saturated rings. The average Bonchev–Trinajstić information content (AvgIpc) is 2.88. The number of anilines is 1. The Hall–Kier alpha value is -1.65. The van der Waals surface area contributed by atoms with Crippen LogP contribution < -0.4 is 17.3 Å². The van der Waals surface area contributed by atoms with Crippen LogP contribution in [-0.2, 0) is 9.59 Å². The number of imide groups is 1. The van der Waals surface area contributed by atoms with E-state index in [9.17, 15) is 9.59 Å². The Morgan fingerprint density at radius 1 is 0.913 bits per heavy atom. The van der Waals surface area contributed by atoms with E-state index in [1.54, 1.807) is 0 Å². The van der Waals surface area contributed by atoms with E-state index in [0.717, 1.165) is 24.1 Å². The van der Waals surface area contributed by atoms with Crippen molar-refractivity contribution in [2.75, 3.05) is 24.5 Å². The summed E-state index contributed by atoms with van der Waals surface area (Å²) in [6.07, 6.45) is 2.62. The van der Waals surface area contributed by atoms with Gasteiger partial charge >= 0.3 is 0 Å². The molecule has 0 radical (unpaired) electrons. The molecule has 4 nitrogen and oxygen atoms in total. The molecular formula is C18H25ClN2O2. The Morgan fingerprint density at radius 2 is 1.35 bits per heavy atom. The van der Waals surface area contributed by atoms with Crippen LogP contribution >= 0.6 is 0 Å². The van der Waals surface area contributed by atoms with Crippen LogP contribution in [0.2, 0.25) is 0 Å². The second-order valence-corrected chi connectivity index (χ2v) is 5.78. The van der Waals surface area contributed by atoms with Gasteiger partial charge in [0.2, 0.25) is 0 Å². The van der Waals surface area contributed by atoms with Crippen molar-refractivity contribution < 1.29 is 26.5 Å². The fourth-order valence-electron chi connectivity index (χ4n) is 3.37. The van der Waals surface area contributed by atoms with E-state index >= 15 is 0 Å². The summed E-state index contributed by atoms with van der Waals surface area (Å²) < 4.78 is 1.03. The molecule has 2 rings (SSSR count). The van der Waals surface area contributed by atoms with Crippen molar-refractivity contribution in [1.82, 2.24) is 0 Å². The van der Waals surface area contributed by atoms with Crippen LogP contribution in [0.3, 0.4) is 0 Å². The standard InChI is InChI=1S/C18H25N2O2.ClH/c1-5-20(6-2,7-3)14(4)15-8-10-16(11-9-15)19-17(21)12-13-18(19)22;/h8-14H,5-7H2,1-4H3;1H/q+1;/p-1. The molecule has 1 atom stereocenters. The fourth-order valence-corrected chi connectivity index (χ4v) is 3.37. The molecule has 1 unspecified atom stereocenters. The third-order valence-electron chi connectivity index (χ3n) is 5.15. The van der Waals surface area contributed by atoms with E-state index in [4.69, 9.17) is 0 Å². The van der Waals surface area contributed by atoms with Gasteiger partial charge in [-0.15, -0.1) is 0 Å². The van der Waals surface area contributed by atoms with E-state index in [0.29, 0.717) is 11.7 Å². The molecule has 0 saturated carbocycles. The smallest absolute Gasteiger partial charge is 0.258 e. The highest BCUT2D eigenvalue weighted by Gasteiger charge is 2.30. The molecule has 1 aliphatic heterocycles. The first-order valence-electron chi connectivity index (χ1n) is 8.01. The number of amides is 2.